The molecule has 0 aliphatic carbocycles. The fourth-order valence-corrected chi connectivity index (χ4v) is 2.51. The Labute approximate surface area is 153 Å². The van der Waals surface area contributed by atoms with Crippen LogP contribution < -0.4 is 0 Å². The predicted molar refractivity (Wildman–Crippen MR) is 91.1 cm³/mol. The molecule has 1 amide bonds. The zero-order valence-corrected chi connectivity index (χ0v) is 14.4. The van der Waals surface area contributed by atoms with Crippen molar-refractivity contribution < 1.29 is 22.4 Å². The Morgan fingerprint density at radius 3 is 2.07 bits per heavy atom. The topological polar surface area (TPSA) is 59.2 Å². The van der Waals surface area contributed by atoms with Crippen LogP contribution in [-0.4, -0.2) is 21.0 Å². The number of carbonyl (C=O) groups excluding carboxylic acids is 1. The molecular formula is C19H16F3N3O2. The molecule has 0 bridgehead atoms. The highest BCUT2D eigenvalue weighted by Crippen LogP contribution is 2.30. The van der Waals surface area contributed by atoms with E-state index in [0.29, 0.717) is 18.7 Å². The third-order valence-electron chi connectivity index (χ3n) is 3.90. The zero-order chi connectivity index (χ0) is 19.4. The average Bonchev–Trinajstić information content (AvgIpc) is 3.13. The molecule has 0 aliphatic rings. The zero-order valence-electron chi connectivity index (χ0n) is 14.4. The van der Waals surface area contributed by atoms with Gasteiger partial charge in [0.25, 0.3) is 0 Å². The number of hydrogen-bond acceptors (Lipinski definition) is 4. The summed E-state index contributed by atoms with van der Waals surface area (Å²) in [5, 5.41) is 6.44. The third-order valence-corrected chi connectivity index (χ3v) is 3.90. The van der Waals surface area contributed by atoms with Crippen molar-refractivity contribution >= 4 is 5.91 Å². The molecule has 27 heavy (non-hydrogen) atoms. The largest absolute Gasteiger partial charge is 0.470 e. The van der Waals surface area contributed by atoms with E-state index in [2.05, 4.69) is 14.6 Å². The van der Waals surface area contributed by atoms with Crippen molar-refractivity contribution in [1.29, 1.82) is 0 Å². The van der Waals surface area contributed by atoms with Crippen LogP contribution in [0.4, 0.5) is 13.2 Å². The lowest BCUT2D eigenvalue weighted by molar-refractivity contribution is -0.157. The van der Waals surface area contributed by atoms with E-state index in [1.165, 1.54) is 6.92 Å². The maximum absolute atomic E-state index is 12.5. The van der Waals surface area contributed by atoms with E-state index >= 15 is 0 Å². The van der Waals surface area contributed by atoms with Crippen molar-refractivity contribution in [3.63, 3.8) is 0 Å². The van der Waals surface area contributed by atoms with Crippen molar-refractivity contribution in [2.75, 3.05) is 0 Å². The summed E-state index contributed by atoms with van der Waals surface area (Å²) in [5.41, 5.74) is 2.22. The van der Waals surface area contributed by atoms with Gasteiger partial charge in [-0.3, -0.25) is 4.79 Å². The Balaban J connectivity index is 1.72. The maximum atomic E-state index is 12.5. The van der Waals surface area contributed by atoms with Crippen LogP contribution in [0.15, 0.2) is 59.0 Å². The summed E-state index contributed by atoms with van der Waals surface area (Å²) in [4.78, 5) is 13.6. The third kappa shape index (κ3) is 4.72. The molecule has 2 aromatic carbocycles. The summed E-state index contributed by atoms with van der Waals surface area (Å²) >= 11 is 0. The fraction of sp³-hybridized carbons (Fsp3) is 0.211. The summed E-state index contributed by atoms with van der Waals surface area (Å²) < 4.78 is 42.3. The standard InChI is InChI=1S/C19H16F3N3O2/c1-13(26)25(11-14-5-3-2-4-6-14)12-15-7-9-16(10-8-15)17-23-24-18(27-17)19(20,21)22/h2-10H,11-12H2,1H3. The van der Waals surface area contributed by atoms with Gasteiger partial charge in [-0.25, -0.2) is 0 Å². The van der Waals surface area contributed by atoms with Gasteiger partial charge in [0, 0.05) is 25.6 Å². The Hall–Kier alpha value is -3.16. The van der Waals surface area contributed by atoms with E-state index in [1.54, 1.807) is 29.2 Å². The molecule has 1 aromatic heterocycles. The lowest BCUT2D eigenvalue weighted by Gasteiger charge is -2.21. The number of aromatic nitrogens is 2. The first-order valence-corrected chi connectivity index (χ1v) is 8.12. The van der Waals surface area contributed by atoms with Crippen molar-refractivity contribution in [3.05, 3.63) is 71.6 Å². The molecule has 140 valence electrons. The summed E-state index contributed by atoms with van der Waals surface area (Å²) in [6.45, 7) is 2.34. The minimum Gasteiger partial charge on any atom is -0.413 e. The van der Waals surface area contributed by atoms with Gasteiger partial charge in [-0.2, -0.15) is 13.2 Å². The quantitative estimate of drug-likeness (QED) is 0.667. The van der Waals surface area contributed by atoms with E-state index in [0.717, 1.165) is 11.1 Å². The molecule has 5 nitrogen and oxygen atoms in total. The molecule has 1 heterocycles. The molecule has 3 aromatic rings. The van der Waals surface area contributed by atoms with Crippen molar-refractivity contribution in [3.8, 4) is 11.5 Å². The Morgan fingerprint density at radius 1 is 0.963 bits per heavy atom. The lowest BCUT2D eigenvalue weighted by Crippen LogP contribution is -2.27. The first kappa shape index (κ1) is 18.6. The van der Waals surface area contributed by atoms with Crippen LogP contribution in [0.5, 0.6) is 0 Å². The molecule has 0 unspecified atom stereocenters. The van der Waals surface area contributed by atoms with E-state index < -0.39 is 12.1 Å². The average molecular weight is 375 g/mol. The summed E-state index contributed by atoms with van der Waals surface area (Å²) in [6.07, 6.45) is -4.68. The Morgan fingerprint density at radius 2 is 1.56 bits per heavy atom. The lowest BCUT2D eigenvalue weighted by atomic mass is 10.1. The van der Waals surface area contributed by atoms with Gasteiger partial charge >= 0.3 is 12.1 Å². The van der Waals surface area contributed by atoms with E-state index in [4.69, 9.17) is 0 Å². The van der Waals surface area contributed by atoms with Crippen LogP contribution in [0.2, 0.25) is 0 Å². The second-order valence-electron chi connectivity index (χ2n) is 5.97. The van der Waals surface area contributed by atoms with E-state index in [-0.39, 0.29) is 11.8 Å². The molecule has 0 saturated carbocycles. The van der Waals surface area contributed by atoms with Crippen LogP contribution >= 0.6 is 0 Å². The van der Waals surface area contributed by atoms with Crippen LogP contribution in [0, 0.1) is 0 Å². The molecule has 0 atom stereocenters. The fourth-order valence-electron chi connectivity index (χ4n) is 2.51. The normalized spacial score (nSPS) is 11.4. The number of halogens is 3. The first-order chi connectivity index (χ1) is 12.8. The number of alkyl halides is 3. The van der Waals surface area contributed by atoms with Gasteiger partial charge in [0.1, 0.15) is 0 Å². The molecule has 0 spiro atoms. The van der Waals surface area contributed by atoms with Crippen molar-refractivity contribution in [1.82, 2.24) is 15.1 Å². The summed E-state index contributed by atoms with van der Waals surface area (Å²) in [7, 11) is 0. The van der Waals surface area contributed by atoms with Gasteiger partial charge in [0.2, 0.25) is 11.8 Å². The van der Waals surface area contributed by atoms with E-state index in [1.807, 2.05) is 30.3 Å². The van der Waals surface area contributed by atoms with Crippen molar-refractivity contribution in [2.45, 2.75) is 26.2 Å². The molecule has 0 aliphatic heterocycles. The molecule has 0 saturated heterocycles. The molecule has 8 heteroatoms. The van der Waals surface area contributed by atoms with Gasteiger partial charge in [-0.15, -0.1) is 10.2 Å². The summed E-state index contributed by atoms with van der Waals surface area (Å²) in [5.74, 6) is -1.66. The molecule has 0 fully saturated rings. The van der Waals surface area contributed by atoms with Crippen LogP contribution in [0.1, 0.15) is 23.9 Å². The number of carbonyl (C=O) groups is 1. The highest BCUT2D eigenvalue weighted by molar-refractivity contribution is 5.73. The molecule has 0 N–H and O–H groups in total. The predicted octanol–water partition coefficient (Wildman–Crippen LogP) is 4.30. The number of hydrogen-bond donors (Lipinski definition) is 0. The highest BCUT2D eigenvalue weighted by Gasteiger charge is 2.38. The minimum atomic E-state index is -4.68. The van der Waals surface area contributed by atoms with Gasteiger partial charge in [-0.1, -0.05) is 42.5 Å². The van der Waals surface area contributed by atoms with Crippen LogP contribution in [-0.2, 0) is 24.1 Å². The number of nitrogens with zero attached hydrogens (tertiary/aromatic N) is 3. The minimum absolute atomic E-state index is 0.0744. The van der Waals surface area contributed by atoms with Gasteiger partial charge in [0.05, 0.1) is 0 Å². The molecule has 3 rings (SSSR count). The second kappa shape index (κ2) is 7.61. The highest BCUT2D eigenvalue weighted by atomic mass is 19.4. The molecular weight excluding hydrogens is 359 g/mol. The SMILES string of the molecule is CC(=O)N(Cc1ccccc1)Cc1ccc(-c2nnc(C(F)(F)F)o2)cc1. The van der Waals surface area contributed by atoms with Gasteiger partial charge < -0.3 is 9.32 Å². The monoisotopic (exact) mass is 375 g/mol. The number of rotatable bonds is 5. The molecule has 0 radical (unpaired) electrons. The van der Waals surface area contributed by atoms with Crippen LogP contribution in [0.25, 0.3) is 11.5 Å². The maximum Gasteiger partial charge on any atom is 0.470 e. The summed E-state index contributed by atoms with van der Waals surface area (Å²) in [6, 6.07) is 16.2. The van der Waals surface area contributed by atoms with Crippen molar-refractivity contribution in [2.24, 2.45) is 0 Å². The smallest absolute Gasteiger partial charge is 0.413 e. The second-order valence-corrected chi connectivity index (χ2v) is 5.97. The van der Waals surface area contributed by atoms with E-state index in [9.17, 15) is 18.0 Å². The van der Waals surface area contributed by atoms with Gasteiger partial charge in [0.15, 0.2) is 0 Å². The Bertz CT molecular complexity index is 906. The Kier molecular flexibility index (Phi) is 5.25. The number of benzene rings is 2. The first-order valence-electron chi connectivity index (χ1n) is 8.12. The number of amides is 1. The van der Waals surface area contributed by atoms with Gasteiger partial charge in [-0.05, 0) is 23.3 Å². The van der Waals surface area contributed by atoms with Crippen LogP contribution in [0.3, 0.4) is 0 Å².